The predicted molar refractivity (Wildman–Crippen MR) is 194 cm³/mol. The van der Waals surface area contributed by atoms with Crippen molar-refractivity contribution in [3.05, 3.63) is 84.0 Å². The standard InChI is InChI=1S/C41H62N2.Ni/c1-4-7-10-12-14-16-18-20-23-29-37-31-25-27-34-40(37)42-36-39(33-22-9-6-3)43-41-35-28-26-32-38(41)30-24-21-19-17-15-13-11-8-5-2;/h18-21,25-28,31-32,34-36H,4-17,22-24,29-30,33H2,1-3H3;. The van der Waals surface area contributed by atoms with E-state index in [2.05, 4.69) is 93.6 Å². The van der Waals surface area contributed by atoms with E-state index in [0.29, 0.717) is 0 Å². The van der Waals surface area contributed by atoms with E-state index in [1.807, 2.05) is 6.21 Å². The molecule has 3 heteroatoms. The predicted octanol–water partition coefficient (Wildman–Crippen LogP) is 13.4. The fraction of sp³-hybridized carbons (Fsp3) is 0.561. The van der Waals surface area contributed by atoms with Crippen LogP contribution >= 0.6 is 0 Å². The van der Waals surface area contributed by atoms with Crippen LogP contribution in [0.2, 0.25) is 0 Å². The Morgan fingerprint density at radius 1 is 0.523 bits per heavy atom. The van der Waals surface area contributed by atoms with E-state index in [1.54, 1.807) is 0 Å². The normalized spacial score (nSPS) is 12.1. The summed E-state index contributed by atoms with van der Waals surface area (Å²) in [6.07, 6.45) is 36.1. The summed E-state index contributed by atoms with van der Waals surface area (Å²) >= 11 is 0. The van der Waals surface area contributed by atoms with Crippen LogP contribution in [0.15, 0.2) is 82.8 Å². The molecule has 0 bridgehead atoms. The first-order valence-corrected chi connectivity index (χ1v) is 17.9. The number of allylic oxidation sites excluding steroid dienone is 4. The van der Waals surface area contributed by atoms with Gasteiger partial charge in [-0.05, 0) is 87.5 Å². The van der Waals surface area contributed by atoms with Gasteiger partial charge in [-0.3, -0.25) is 9.98 Å². The molecule has 0 aliphatic rings. The van der Waals surface area contributed by atoms with Crippen molar-refractivity contribution in [2.75, 3.05) is 0 Å². The number of aryl methyl sites for hydroxylation is 2. The Kier molecular flexibility index (Phi) is 25.5. The second-order valence-corrected chi connectivity index (χ2v) is 12.0. The van der Waals surface area contributed by atoms with Crippen molar-refractivity contribution in [2.24, 2.45) is 9.98 Å². The fourth-order valence-electron chi connectivity index (χ4n) is 5.36. The van der Waals surface area contributed by atoms with Crippen LogP contribution in [0.1, 0.15) is 147 Å². The third-order valence-corrected chi connectivity index (χ3v) is 8.08. The van der Waals surface area contributed by atoms with Crippen LogP contribution in [-0.2, 0) is 29.3 Å². The van der Waals surface area contributed by atoms with Crippen LogP contribution in [0.25, 0.3) is 0 Å². The number of para-hydroxylation sites is 2. The summed E-state index contributed by atoms with van der Waals surface area (Å²) in [5.41, 5.74) is 5.90. The van der Waals surface area contributed by atoms with Gasteiger partial charge in [0.1, 0.15) is 0 Å². The molecule has 0 atom stereocenters. The van der Waals surface area contributed by atoms with Crippen LogP contribution in [-0.4, -0.2) is 11.9 Å². The molecule has 0 radical (unpaired) electrons. The third-order valence-electron chi connectivity index (χ3n) is 8.08. The molecule has 0 amide bonds. The van der Waals surface area contributed by atoms with Crippen LogP contribution in [0, 0.1) is 0 Å². The average Bonchev–Trinajstić information content (AvgIpc) is 3.03. The molecule has 0 aromatic heterocycles. The van der Waals surface area contributed by atoms with Crippen molar-refractivity contribution < 1.29 is 16.5 Å². The number of hydrogen-bond acceptors (Lipinski definition) is 2. The first kappa shape index (κ1) is 39.8. The molecule has 0 N–H and O–H groups in total. The van der Waals surface area contributed by atoms with E-state index >= 15 is 0 Å². The minimum absolute atomic E-state index is 0. The van der Waals surface area contributed by atoms with E-state index in [1.165, 1.54) is 101 Å². The van der Waals surface area contributed by atoms with Gasteiger partial charge < -0.3 is 0 Å². The van der Waals surface area contributed by atoms with E-state index in [0.717, 1.165) is 55.6 Å². The number of unbranched alkanes of at least 4 members (excludes halogenated alkanes) is 12. The molecule has 2 aromatic carbocycles. The van der Waals surface area contributed by atoms with Gasteiger partial charge in [-0.1, -0.05) is 146 Å². The topological polar surface area (TPSA) is 24.7 Å². The Morgan fingerprint density at radius 2 is 0.977 bits per heavy atom. The zero-order chi connectivity index (χ0) is 30.6. The molecule has 0 saturated heterocycles. The second kappa shape index (κ2) is 28.2. The van der Waals surface area contributed by atoms with Gasteiger partial charge in [0.05, 0.1) is 17.1 Å². The molecule has 0 aliphatic carbocycles. The van der Waals surface area contributed by atoms with E-state index in [-0.39, 0.29) is 16.5 Å². The monoisotopic (exact) mass is 640 g/mol. The van der Waals surface area contributed by atoms with Crippen molar-refractivity contribution in [1.82, 2.24) is 0 Å². The van der Waals surface area contributed by atoms with Crippen LogP contribution in [0.5, 0.6) is 0 Å². The maximum Gasteiger partial charge on any atom is 0.0665 e. The summed E-state index contributed by atoms with van der Waals surface area (Å²) in [5, 5.41) is 0. The van der Waals surface area contributed by atoms with E-state index in [4.69, 9.17) is 9.98 Å². The number of nitrogens with zero attached hydrogens (tertiary/aromatic N) is 2. The molecule has 2 aromatic rings. The summed E-state index contributed by atoms with van der Waals surface area (Å²) in [5.74, 6) is 0. The Morgan fingerprint density at radius 3 is 1.55 bits per heavy atom. The van der Waals surface area contributed by atoms with Gasteiger partial charge in [0.2, 0.25) is 0 Å². The first-order valence-electron chi connectivity index (χ1n) is 17.9. The van der Waals surface area contributed by atoms with Crippen LogP contribution in [0.4, 0.5) is 11.4 Å². The SMILES string of the molecule is CCCCCCCC=CCCc1ccccc1N=CC(CCCCC)=Nc1ccccc1CCC=CCCCCCCC.[Ni]. The minimum atomic E-state index is 0. The molecule has 44 heavy (non-hydrogen) atoms. The van der Waals surface area contributed by atoms with Crippen LogP contribution in [0.3, 0.4) is 0 Å². The molecular formula is C41H62N2Ni. The quantitative estimate of drug-likeness (QED) is 0.0446. The first-order chi connectivity index (χ1) is 21.3. The maximum absolute atomic E-state index is 5.19. The third kappa shape index (κ3) is 19.2. The molecule has 0 unspecified atom stereocenters. The summed E-state index contributed by atoms with van der Waals surface area (Å²) in [6, 6.07) is 17.3. The Balaban J connectivity index is 0.00000968. The zero-order valence-electron chi connectivity index (χ0n) is 28.4. The molecule has 0 aliphatic heterocycles. The molecule has 0 heterocycles. The summed E-state index contributed by atoms with van der Waals surface area (Å²) < 4.78 is 0. The number of hydrogen-bond donors (Lipinski definition) is 0. The molecule has 2 nitrogen and oxygen atoms in total. The van der Waals surface area contributed by atoms with Crippen molar-refractivity contribution in [1.29, 1.82) is 0 Å². The van der Waals surface area contributed by atoms with Crippen molar-refractivity contribution in [2.45, 2.75) is 149 Å². The summed E-state index contributed by atoms with van der Waals surface area (Å²) in [4.78, 5) is 10.2. The van der Waals surface area contributed by atoms with Gasteiger partial charge in [-0.2, -0.15) is 0 Å². The van der Waals surface area contributed by atoms with Gasteiger partial charge in [-0.15, -0.1) is 0 Å². The fourth-order valence-corrected chi connectivity index (χ4v) is 5.36. The molecule has 246 valence electrons. The van der Waals surface area contributed by atoms with E-state index < -0.39 is 0 Å². The van der Waals surface area contributed by atoms with Gasteiger partial charge >= 0.3 is 0 Å². The largest absolute Gasteiger partial charge is 0.255 e. The maximum atomic E-state index is 5.19. The molecule has 0 spiro atoms. The van der Waals surface area contributed by atoms with Crippen molar-refractivity contribution in [3.63, 3.8) is 0 Å². The molecule has 0 fully saturated rings. The van der Waals surface area contributed by atoms with Gasteiger partial charge in [0.15, 0.2) is 0 Å². The number of aliphatic imine (C=N–C) groups is 2. The number of benzene rings is 2. The Hall–Kier alpha value is -2.25. The molecular weight excluding hydrogens is 579 g/mol. The minimum Gasteiger partial charge on any atom is -0.255 e. The Labute approximate surface area is 282 Å². The summed E-state index contributed by atoms with van der Waals surface area (Å²) in [7, 11) is 0. The van der Waals surface area contributed by atoms with Gasteiger partial charge in [-0.25, -0.2) is 0 Å². The smallest absolute Gasteiger partial charge is 0.0665 e. The van der Waals surface area contributed by atoms with Gasteiger partial charge in [0.25, 0.3) is 0 Å². The van der Waals surface area contributed by atoms with Crippen molar-refractivity contribution in [3.8, 4) is 0 Å². The van der Waals surface area contributed by atoms with E-state index in [9.17, 15) is 0 Å². The van der Waals surface area contributed by atoms with Crippen LogP contribution < -0.4 is 0 Å². The number of rotatable bonds is 25. The Bertz CT molecular complexity index is 1080. The van der Waals surface area contributed by atoms with Gasteiger partial charge in [0, 0.05) is 22.7 Å². The molecule has 2 rings (SSSR count). The average molecular weight is 642 g/mol. The second-order valence-electron chi connectivity index (χ2n) is 12.0. The van der Waals surface area contributed by atoms with Crippen molar-refractivity contribution >= 4 is 23.3 Å². The molecule has 0 saturated carbocycles. The zero-order valence-corrected chi connectivity index (χ0v) is 29.3. The summed E-state index contributed by atoms with van der Waals surface area (Å²) in [6.45, 7) is 6.81.